The van der Waals surface area contributed by atoms with Crippen molar-refractivity contribution in [3.8, 4) is 28.5 Å². The smallest absolute Gasteiger partial charge is 0.209 e. The highest BCUT2D eigenvalue weighted by molar-refractivity contribution is 6.33. The molecule has 4 rings (SSSR count). The lowest BCUT2D eigenvalue weighted by Gasteiger charge is -2.09. The second-order valence-electron chi connectivity index (χ2n) is 5.67. The molecule has 0 amide bonds. The average molecular weight is 359 g/mol. The Labute approximate surface area is 153 Å². The number of fused-ring (bicyclic) bond motifs is 1. The zero-order valence-electron chi connectivity index (χ0n) is 13.4. The van der Waals surface area contributed by atoms with Gasteiger partial charge in [-0.15, -0.1) is 0 Å². The number of rotatable bonds is 2. The molecule has 0 radical (unpaired) electrons. The molecule has 5 nitrogen and oxygen atoms in total. The molecule has 0 unspecified atom stereocenters. The average Bonchev–Trinajstić information content (AvgIpc) is 2.68. The van der Waals surface area contributed by atoms with Crippen LogP contribution in [0.4, 0.5) is 0 Å². The number of nitrogens with one attached hydrogen (secondary N) is 1. The molecule has 0 aliphatic carbocycles. The number of halogens is 1. The van der Waals surface area contributed by atoms with Gasteiger partial charge < -0.3 is 4.98 Å². The van der Waals surface area contributed by atoms with Crippen LogP contribution in [0.15, 0.2) is 66.0 Å². The highest BCUT2D eigenvalue weighted by Crippen LogP contribution is 2.29. The van der Waals surface area contributed by atoms with Gasteiger partial charge in [-0.3, -0.25) is 14.8 Å². The lowest BCUT2D eigenvalue weighted by Crippen LogP contribution is -2.10. The number of aromatic amines is 1. The van der Waals surface area contributed by atoms with Crippen molar-refractivity contribution in [1.29, 1.82) is 5.26 Å². The molecule has 124 valence electrons. The van der Waals surface area contributed by atoms with Crippen molar-refractivity contribution in [3.05, 3.63) is 82.0 Å². The molecule has 6 heteroatoms. The highest BCUT2D eigenvalue weighted by atomic mass is 35.5. The fourth-order valence-electron chi connectivity index (χ4n) is 2.88. The summed E-state index contributed by atoms with van der Waals surface area (Å²) in [5, 5.41) is 10.4. The molecule has 3 aromatic heterocycles. The fraction of sp³-hybridized carbons (Fsp3) is 0. The van der Waals surface area contributed by atoms with E-state index in [1.807, 2.05) is 36.4 Å². The van der Waals surface area contributed by atoms with E-state index in [4.69, 9.17) is 11.6 Å². The minimum Gasteiger partial charge on any atom is -0.353 e. The van der Waals surface area contributed by atoms with Crippen LogP contribution < -0.4 is 5.43 Å². The standard InChI is InChI=1S/C20H11ClN4O/c21-17-11-24-7-5-14(17)12-1-3-13(4-2-12)19-15(9-22)20(26)16-10-23-8-6-18(16)25-19/h1-8,10-11H,(H,25,26). The maximum atomic E-state index is 12.6. The lowest BCUT2D eigenvalue weighted by atomic mass is 10.0. The molecule has 0 saturated heterocycles. The maximum absolute atomic E-state index is 12.6. The van der Waals surface area contributed by atoms with Crippen molar-refractivity contribution in [2.45, 2.75) is 0 Å². The number of pyridine rings is 3. The van der Waals surface area contributed by atoms with Gasteiger partial charge in [0.1, 0.15) is 11.6 Å². The summed E-state index contributed by atoms with van der Waals surface area (Å²) in [6, 6.07) is 13.1. The Hall–Kier alpha value is -3.49. The van der Waals surface area contributed by atoms with Gasteiger partial charge in [-0.2, -0.15) is 5.26 Å². The molecule has 0 aliphatic rings. The number of hydrogen-bond donors (Lipinski definition) is 1. The summed E-state index contributed by atoms with van der Waals surface area (Å²) in [6.07, 6.45) is 6.33. The van der Waals surface area contributed by atoms with Crippen LogP contribution in [0.2, 0.25) is 5.02 Å². The zero-order chi connectivity index (χ0) is 18.1. The van der Waals surface area contributed by atoms with Crippen LogP contribution in [-0.4, -0.2) is 15.0 Å². The molecular formula is C20H11ClN4O. The predicted molar refractivity (Wildman–Crippen MR) is 101 cm³/mol. The summed E-state index contributed by atoms with van der Waals surface area (Å²) in [7, 11) is 0. The number of H-pyrrole nitrogens is 1. The Kier molecular flexibility index (Phi) is 3.96. The van der Waals surface area contributed by atoms with E-state index in [0.717, 1.165) is 16.7 Å². The molecule has 0 saturated carbocycles. The van der Waals surface area contributed by atoms with Crippen LogP contribution in [-0.2, 0) is 0 Å². The first-order valence-corrected chi connectivity index (χ1v) is 8.17. The molecule has 3 heterocycles. The third-order valence-electron chi connectivity index (χ3n) is 4.17. The summed E-state index contributed by atoms with van der Waals surface area (Å²) in [4.78, 5) is 23.7. The predicted octanol–water partition coefficient (Wildman–Crippen LogP) is 4.18. The van der Waals surface area contributed by atoms with E-state index in [9.17, 15) is 10.1 Å². The Morgan fingerprint density at radius 3 is 2.38 bits per heavy atom. The Bertz CT molecular complexity index is 1220. The Balaban J connectivity index is 1.87. The summed E-state index contributed by atoms with van der Waals surface area (Å²) < 4.78 is 0. The van der Waals surface area contributed by atoms with E-state index in [2.05, 4.69) is 15.0 Å². The highest BCUT2D eigenvalue weighted by Gasteiger charge is 2.14. The third-order valence-corrected chi connectivity index (χ3v) is 4.47. The lowest BCUT2D eigenvalue weighted by molar-refractivity contribution is 1.29. The second kappa shape index (κ2) is 6.43. The molecule has 0 bridgehead atoms. The minimum atomic E-state index is -0.328. The molecule has 1 aromatic carbocycles. The van der Waals surface area contributed by atoms with Crippen molar-refractivity contribution in [2.75, 3.05) is 0 Å². The normalized spacial score (nSPS) is 10.6. The van der Waals surface area contributed by atoms with Crippen LogP contribution in [0.5, 0.6) is 0 Å². The monoisotopic (exact) mass is 358 g/mol. The fourth-order valence-corrected chi connectivity index (χ4v) is 3.11. The molecule has 0 aliphatic heterocycles. The van der Waals surface area contributed by atoms with E-state index < -0.39 is 0 Å². The number of nitriles is 1. The van der Waals surface area contributed by atoms with Crippen molar-refractivity contribution in [1.82, 2.24) is 15.0 Å². The van der Waals surface area contributed by atoms with E-state index in [0.29, 0.717) is 21.6 Å². The summed E-state index contributed by atoms with van der Waals surface area (Å²) >= 11 is 6.19. The first-order chi connectivity index (χ1) is 12.7. The van der Waals surface area contributed by atoms with E-state index in [1.54, 1.807) is 24.7 Å². The maximum Gasteiger partial charge on any atom is 0.209 e. The van der Waals surface area contributed by atoms with Gasteiger partial charge in [0, 0.05) is 30.4 Å². The summed E-state index contributed by atoms with van der Waals surface area (Å²) in [6.45, 7) is 0. The third kappa shape index (κ3) is 2.63. The first-order valence-electron chi connectivity index (χ1n) is 7.79. The topological polar surface area (TPSA) is 82.4 Å². The SMILES string of the molecule is N#Cc1c(-c2ccc(-c3ccncc3Cl)cc2)[nH]c2ccncc2c1=O. The minimum absolute atomic E-state index is 0.0696. The van der Waals surface area contributed by atoms with E-state index in [-0.39, 0.29) is 11.0 Å². The van der Waals surface area contributed by atoms with Crippen molar-refractivity contribution in [3.63, 3.8) is 0 Å². The first kappa shape index (κ1) is 16.0. The Morgan fingerprint density at radius 1 is 0.962 bits per heavy atom. The second-order valence-corrected chi connectivity index (χ2v) is 6.08. The van der Waals surface area contributed by atoms with Gasteiger partial charge in [0.05, 0.1) is 21.6 Å². The molecule has 0 atom stereocenters. The largest absolute Gasteiger partial charge is 0.353 e. The van der Waals surface area contributed by atoms with Gasteiger partial charge in [0.25, 0.3) is 0 Å². The molecule has 26 heavy (non-hydrogen) atoms. The molecular weight excluding hydrogens is 348 g/mol. The molecule has 1 N–H and O–H groups in total. The Morgan fingerprint density at radius 2 is 1.65 bits per heavy atom. The number of hydrogen-bond acceptors (Lipinski definition) is 4. The molecule has 0 spiro atoms. The van der Waals surface area contributed by atoms with Crippen LogP contribution >= 0.6 is 11.6 Å². The van der Waals surface area contributed by atoms with E-state index in [1.165, 1.54) is 6.20 Å². The number of nitrogens with zero attached hydrogens (tertiary/aromatic N) is 3. The van der Waals surface area contributed by atoms with Crippen LogP contribution in [0.3, 0.4) is 0 Å². The van der Waals surface area contributed by atoms with Gasteiger partial charge >= 0.3 is 0 Å². The van der Waals surface area contributed by atoms with Crippen LogP contribution in [0.25, 0.3) is 33.3 Å². The van der Waals surface area contributed by atoms with Gasteiger partial charge in [-0.25, -0.2) is 0 Å². The summed E-state index contributed by atoms with van der Waals surface area (Å²) in [5.74, 6) is 0. The van der Waals surface area contributed by atoms with Gasteiger partial charge in [-0.1, -0.05) is 35.9 Å². The van der Waals surface area contributed by atoms with Gasteiger partial charge in [0.15, 0.2) is 0 Å². The zero-order valence-corrected chi connectivity index (χ0v) is 14.2. The molecule has 4 aromatic rings. The summed E-state index contributed by atoms with van der Waals surface area (Å²) in [5.41, 5.74) is 3.40. The quantitative estimate of drug-likeness (QED) is 0.582. The van der Waals surface area contributed by atoms with Crippen LogP contribution in [0, 0.1) is 11.3 Å². The van der Waals surface area contributed by atoms with Crippen molar-refractivity contribution < 1.29 is 0 Å². The number of aromatic nitrogens is 3. The van der Waals surface area contributed by atoms with Crippen molar-refractivity contribution >= 4 is 22.5 Å². The molecule has 0 fully saturated rings. The van der Waals surface area contributed by atoms with Gasteiger partial charge in [0.2, 0.25) is 5.43 Å². The van der Waals surface area contributed by atoms with Gasteiger partial charge in [-0.05, 0) is 23.3 Å². The van der Waals surface area contributed by atoms with Crippen molar-refractivity contribution in [2.24, 2.45) is 0 Å². The van der Waals surface area contributed by atoms with Crippen LogP contribution in [0.1, 0.15) is 5.56 Å². The van der Waals surface area contributed by atoms with E-state index >= 15 is 0 Å². The number of benzene rings is 1.